The summed E-state index contributed by atoms with van der Waals surface area (Å²) >= 11 is 1.02. The number of rotatable bonds is 7. The lowest BCUT2D eigenvalue weighted by Gasteiger charge is -2.18. The highest BCUT2D eigenvalue weighted by atomic mass is 32.1. The number of nitrogens with zero attached hydrogens (tertiary/aromatic N) is 1. The lowest BCUT2D eigenvalue weighted by Crippen LogP contribution is -2.21. The van der Waals surface area contributed by atoms with Crippen LogP contribution in [0.4, 0.5) is 10.7 Å². The van der Waals surface area contributed by atoms with Gasteiger partial charge in [0.25, 0.3) is 11.6 Å². The summed E-state index contributed by atoms with van der Waals surface area (Å²) in [5.41, 5.74) is -0.260. The van der Waals surface area contributed by atoms with E-state index in [9.17, 15) is 24.5 Å². The number of nitro benzene ring substituents is 1. The second-order valence-corrected chi connectivity index (χ2v) is 7.29. The van der Waals surface area contributed by atoms with Crippen molar-refractivity contribution in [2.24, 2.45) is 0 Å². The summed E-state index contributed by atoms with van der Waals surface area (Å²) in [5, 5.41) is 14.2. The molecule has 1 amide bonds. The van der Waals surface area contributed by atoms with E-state index in [1.165, 1.54) is 0 Å². The average Bonchev–Trinajstić information content (AvgIpc) is 3.11. The molecule has 2 heterocycles. The predicted octanol–water partition coefficient (Wildman–Crippen LogP) is 2.71. The van der Waals surface area contributed by atoms with E-state index in [1.807, 2.05) is 0 Å². The number of nitro groups is 1. The van der Waals surface area contributed by atoms with Crippen molar-refractivity contribution in [3.05, 3.63) is 44.3 Å². The normalized spacial score (nSPS) is 12.1. The summed E-state index contributed by atoms with van der Waals surface area (Å²) in [5.74, 6) is -1.91. The highest BCUT2D eigenvalue weighted by Crippen LogP contribution is 2.37. The Morgan fingerprint density at radius 1 is 1.13 bits per heavy atom. The molecule has 12 heteroatoms. The van der Waals surface area contributed by atoms with Gasteiger partial charge in [0.15, 0.2) is 18.1 Å². The zero-order valence-corrected chi connectivity index (χ0v) is 17.4. The number of amides is 1. The molecule has 3 rings (SSSR count). The van der Waals surface area contributed by atoms with Crippen LogP contribution in [-0.2, 0) is 14.3 Å². The van der Waals surface area contributed by atoms with E-state index in [2.05, 4.69) is 5.32 Å². The third-order valence-electron chi connectivity index (χ3n) is 4.05. The molecular weight excluding hydrogens is 432 g/mol. The summed E-state index contributed by atoms with van der Waals surface area (Å²) in [4.78, 5) is 47.3. The molecule has 0 spiro atoms. The Morgan fingerprint density at radius 3 is 2.45 bits per heavy atom. The molecule has 0 radical (unpaired) electrons. The number of carbonyl (C=O) groups is 3. The number of aryl methyl sites for hydroxylation is 1. The summed E-state index contributed by atoms with van der Waals surface area (Å²) in [6.45, 7) is 3.38. The highest BCUT2D eigenvalue weighted by Gasteiger charge is 2.28. The number of nitrogens with one attached hydrogen (secondary N) is 1. The first kappa shape index (κ1) is 22.0. The van der Waals surface area contributed by atoms with Crippen LogP contribution in [0.2, 0.25) is 0 Å². The Kier molecular flexibility index (Phi) is 6.70. The lowest BCUT2D eigenvalue weighted by molar-refractivity contribution is -0.385. The predicted molar refractivity (Wildman–Crippen MR) is 108 cm³/mol. The van der Waals surface area contributed by atoms with Crippen LogP contribution in [-0.4, -0.2) is 49.2 Å². The summed E-state index contributed by atoms with van der Waals surface area (Å²) < 4.78 is 20.5. The van der Waals surface area contributed by atoms with Gasteiger partial charge in [-0.05, 0) is 25.5 Å². The van der Waals surface area contributed by atoms with Gasteiger partial charge in [0.2, 0.25) is 0 Å². The molecule has 0 bridgehead atoms. The number of esters is 2. The molecule has 0 saturated heterocycles. The molecule has 0 saturated carbocycles. The van der Waals surface area contributed by atoms with Gasteiger partial charge < -0.3 is 24.3 Å². The molecule has 1 aliphatic rings. The Hall–Kier alpha value is -3.67. The van der Waals surface area contributed by atoms with E-state index >= 15 is 0 Å². The molecule has 1 aliphatic heterocycles. The third kappa shape index (κ3) is 5.09. The number of hydrogen-bond acceptors (Lipinski definition) is 10. The van der Waals surface area contributed by atoms with E-state index in [1.54, 1.807) is 19.9 Å². The Labute approximate surface area is 180 Å². The van der Waals surface area contributed by atoms with Gasteiger partial charge in [-0.25, -0.2) is 9.59 Å². The summed E-state index contributed by atoms with van der Waals surface area (Å²) in [6.07, 6.45) is 0. The molecule has 0 aliphatic carbocycles. The first-order valence-corrected chi connectivity index (χ1v) is 9.94. The maximum absolute atomic E-state index is 12.4. The zero-order valence-electron chi connectivity index (χ0n) is 16.6. The van der Waals surface area contributed by atoms with Crippen LogP contribution in [0, 0.1) is 17.0 Å². The topological polar surface area (TPSA) is 143 Å². The number of carbonyl (C=O) groups excluding carboxylic acids is 3. The zero-order chi connectivity index (χ0) is 22.5. The van der Waals surface area contributed by atoms with Gasteiger partial charge in [-0.2, -0.15) is 0 Å². The van der Waals surface area contributed by atoms with Crippen LogP contribution >= 0.6 is 11.3 Å². The molecular formula is C19H18N2O9S. The van der Waals surface area contributed by atoms with Crippen molar-refractivity contribution in [2.75, 3.05) is 31.7 Å². The third-order valence-corrected chi connectivity index (χ3v) is 5.19. The minimum absolute atomic E-state index is 0.151. The van der Waals surface area contributed by atoms with Gasteiger partial charge >= 0.3 is 11.9 Å². The van der Waals surface area contributed by atoms with Gasteiger partial charge in [0.1, 0.15) is 23.7 Å². The molecule has 0 fully saturated rings. The van der Waals surface area contributed by atoms with Gasteiger partial charge in [0, 0.05) is 6.07 Å². The quantitative estimate of drug-likeness (QED) is 0.382. The number of fused-ring (bicyclic) bond motifs is 1. The van der Waals surface area contributed by atoms with Gasteiger partial charge in [0.05, 0.1) is 22.6 Å². The van der Waals surface area contributed by atoms with Crippen molar-refractivity contribution in [2.45, 2.75) is 13.8 Å². The van der Waals surface area contributed by atoms with Crippen LogP contribution in [0.1, 0.15) is 32.5 Å². The maximum Gasteiger partial charge on any atom is 0.348 e. The number of thiophene rings is 1. The molecule has 1 aromatic carbocycles. The van der Waals surface area contributed by atoms with Crippen molar-refractivity contribution in [1.82, 2.24) is 0 Å². The maximum atomic E-state index is 12.4. The fraction of sp³-hybridized carbons (Fsp3) is 0.316. The van der Waals surface area contributed by atoms with E-state index in [4.69, 9.17) is 18.9 Å². The van der Waals surface area contributed by atoms with Crippen molar-refractivity contribution < 1.29 is 38.3 Å². The molecule has 0 atom stereocenters. The second kappa shape index (κ2) is 9.43. The monoisotopic (exact) mass is 450 g/mol. The average molecular weight is 450 g/mol. The van der Waals surface area contributed by atoms with E-state index < -0.39 is 35.1 Å². The van der Waals surface area contributed by atoms with Crippen LogP contribution in [0.15, 0.2) is 18.2 Å². The first-order chi connectivity index (χ1) is 14.8. The minimum Gasteiger partial charge on any atom is -0.486 e. The summed E-state index contributed by atoms with van der Waals surface area (Å²) in [7, 11) is 0. The summed E-state index contributed by atoms with van der Waals surface area (Å²) in [6, 6.07) is 3.82. The van der Waals surface area contributed by atoms with Gasteiger partial charge in [-0.15, -0.1) is 11.3 Å². The standard InChI is InChI=1S/C19H18N2O9S/c1-3-27-19(24)17-10(2)6-16(31-17)20-15(22)9-30-18(23)11-7-13-14(29-5-4-28-13)8-12(11)21(25)26/h6-8H,3-5,9H2,1-2H3,(H,20,22). The van der Waals surface area contributed by atoms with Crippen LogP contribution in [0.25, 0.3) is 0 Å². The second-order valence-electron chi connectivity index (χ2n) is 6.24. The van der Waals surface area contributed by atoms with Crippen molar-refractivity contribution >= 4 is 39.9 Å². The number of benzene rings is 1. The van der Waals surface area contributed by atoms with Crippen LogP contribution in [0.5, 0.6) is 11.5 Å². The molecule has 31 heavy (non-hydrogen) atoms. The largest absolute Gasteiger partial charge is 0.486 e. The van der Waals surface area contributed by atoms with Crippen molar-refractivity contribution in [1.29, 1.82) is 0 Å². The Morgan fingerprint density at radius 2 is 1.81 bits per heavy atom. The van der Waals surface area contributed by atoms with Crippen LogP contribution < -0.4 is 14.8 Å². The first-order valence-electron chi connectivity index (χ1n) is 9.12. The smallest absolute Gasteiger partial charge is 0.348 e. The number of anilines is 1. The van der Waals surface area contributed by atoms with E-state index in [0.29, 0.717) is 15.4 Å². The minimum atomic E-state index is -1.06. The molecule has 2 aromatic rings. The Balaban J connectivity index is 1.66. The molecule has 1 N–H and O–H groups in total. The SMILES string of the molecule is CCOC(=O)c1sc(NC(=O)COC(=O)c2cc3c(cc2[N+](=O)[O-])OCCO3)cc1C. The van der Waals surface area contributed by atoms with E-state index in [-0.39, 0.29) is 36.9 Å². The van der Waals surface area contributed by atoms with Crippen molar-refractivity contribution in [3.8, 4) is 11.5 Å². The van der Waals surface area contributed by atoms with Crippen LogP contribution in [0.3, 0.4) is 0 Å². The lowest BCUT2D eigenvalue weighted by atomic mass is 10.1. The molecule has 1 aromatic heterocycles. The van der Waals surface area contributed by atoms with Crippen molar-refractivity contribution in [3.63, 3.8) is 0 Å². The van der Waals surface area contributed by atoms with Gasteiger partial charge in [-0.1, -0.05) is 0 Å². The number of ether oxygens (including phenoxy) is 4. The molecule has 11 nitrogen and oxygen atoms in total. The molecule has 0 unspecified atom stereocenters. The van der Waals surface area contributed by atoms with E-state index in [0.717, 1.165) is 23.5 Å². The Bertz CT molecular complexity index is 1050. The fourth-order valence-corrected chi connectivity index (χ4v) is 3.70. The number of hydrogen-bond donors (Lipinski definition) is 1. The highest BCUT2D eigenvalue weighted by molar-refractivity contribution is 7.18. The van der Waals surface area contributed by atoms with Gasteiger partial charge in [-0.3, -0.25) is 14.9 Å². The molecule has 164 valence electrons. The fourth-order valence-electron chi connectivity index (χ4n) is 2.72.